The third-order valence-corrected chi connectivity index (χ3v) is 5.12. The van der Waals surface area contributed by atoms with E-state index in [9.17, 15) is 9.59 Å². The lowest BCUT2D eigenvalue weighted by molar-refractivity contribution is -0.126. The predicted molar refractivity (Wildman–Crippen MR) is 100 cm³/mol. The first-order valence-electron chi connectivity index (χ1n) is 8.84. The Morgan fingerprint density at radius 1 is 1.08 bits per heavy atom. The number of piperidine rings is 1. The molecule has 1 saturated heterocycles. The van der Waals surface area contributed by atoms with Gasteiger partial charge in [0, 0.05) is 24.0 Å². The predicted octanol–water partition coefficient (Wildman–Crippen LogP) is 2.62. The van der Waals surface area contributed by atoms with Gasteiger partial charge in [-0.25, -0.2) is 0 Å². The minimum Gasteiger partial charge on any atom is -0.359 e. The van der Waals surface area contributed by atoms with Gasteiger partial charge < -0.3 is 10.6 Å². The van der Waals surface area contributed by atoms with Crippen molar-refractivity contribution in [1.29, 1.82) is 0 Å². The lowest BCUT2D eigenvalue weighted by Crippen LogP contribution is -2.47. The van der Waals surface area contributed by atoms with Gasteiger partial charge >= 0.3 is 0 Å². The molecule has 1 fully saturated rings. The summed E-state index contributed by atoms with van der Waals surface area (Å²) in [6.07, 6.45) is 1.59. The fourth-order valence-corrected chi connectivity index (χ4v) is 3.49. The normalized spacial score (nSPS) is 17.2. The van der Waals surface area contributed by atoms with Gasteiger partial charge in [-0.15, -0.1) is 0 Å². The van der Waals surface area contributed by atoms with E-state index in [4.69, 9.17) is 0 Å². The molecule has 2 amide bonds. The van der Waals surface area contributed by atoms with Crippen LogP contribution in [0.2, 0.25) is 0 Å². The minimum atomic E-state index is -0.218. The van der Waals surface area contributed by atoms with E-state index in [0.29, 0.717) is 0 Å². The molecular formula is C20H25N3O2. The van der Waals surface area contributed by atoms with Crippen LogP contribution in [-0.2, 0) is 9.59 Å². The zero-order chi connectivity index (χ0) is 17.8. The van der Waals surface area contributed by atoms with Crippen LogP contribution in [0.5, 0.6) is 0 Å². The van der Waals surface area contributed by atoms with Gasteiger partial charge in [0.15, 0.2) is 0 Å². The van der Waals surface area contributed by atoms with Crippen molar-refractivity contribution in [1.82, 2.24) is 10.2 Å². The van der Waals surface area contributed by atoms with Gasteiger partial charge in [0.05, 0.1) is 6.04 Å². The van der Waals surface area contributed by atoms with Crippen molar-refractivity contribution in [3.05, 3.63) is 42.5 Å². The molecule has 2 aromatic carbocycles. The Balaban J connectivity index is 1.64. The van der Waals surface area contributed by atoms with Gasteiger partial charge in [0.25, 0.3) is 0 Å². The van der Waals surface area contributed by atoms with Crippen LogP contribution >= 0.6 is 0 Å². The average Bonchev–Trinajstić information content (AvgIpc) is 2.67. The Morgan fingerprint density at radius 2 is 1.76 bits per heavy atom. The number of carbonyl (C=O) groups is 2. The smallest absolute Gasteiger partial charge is 0.241 e. The third kappa shape index (κ3) is 3.82. The second-order valence-electron chi connectivity index (χ2n) is 6.62. The van der Waals surface area contributed by atoms with Crippen LogP contribution in [0.4, 0.5) is 5.69 Å². The molecule has 1 aliphatic heterocycles. The molecule has 0 saturated carbocycles. The van der Waals surface area contributed by atoms with Crippen LogP contribution < -0.4 is 10.6 Å². The first kappa shape index (κ1) is 17.4. The summed E-state index contributed by atoms with van der Waals surface area (Å²) < 4.78 is 0. The molecule has 0 spiro atoms. The Bertz CT molecular complexity index is 761. The van der Waals surface area contributed by atoms with Crippen molar-refractivity contribution in [2.75, 3.05) is 25.5 Å². The summed E-state index contributed by atoms with van der Waals surface area (Å²) in [5.41, 5.74) is 0.843. The molecule has 0 radical (unpaired) electrons. The quantitative estimate of drug-likeness (QED) is 0.900. The van der Waals surface area contributed by atoms with Crippen LogP contribution in [0, 0.1) is 5.92 Å². The molecule has 1 unspecified atom stereocenters. The number of benzene rings is 2. The number of rotatable bonds is 4. The number of nitrogens with zero attached hydrogens (tertiary/aromatic N) is 1. The number of nitrogens with one attached hydrogen (secondary N) is 2. The monoisotopic (exact) mass is 339 g/mol. The van der Waals surface area contributed by atoms with Crippen molar-refractivity contribution in [3.63, 3.8) is 0 Å². The summed E-state index contributed by atoms with van der Waals surface area (Å²) >= 11 is 0. The second kappa shape index (κ2) is 7.66. The van der Waals surface area contributed by atoms with Gasteiger partial charge in [-0.2, -0.15) is 0 Å². The van der Waals surface area contributed by atoms with Crippen molar-refractivity contribution in [2.24, 2.45) is 5.92 Å². The van der Waals surface area contributed by atoms with E-state index in [1.54, 1.807) is 7.05 Å². The lowest BCUT2D eigenvalue weighted by atomic mass is 9.95. The summed E-state index contributed by atoms with van der Waals surface area (Å²) in [7, 11) is 1.68. The van der Waals surface area contributed by atoms with Crippen LogP contribution in [-0.4, -0.2) is 42.9 Å². The number of hydrogen-bond donors (Lipinski definition) is 2. The number of carbonyl (C=O) groups excluding carboxylic acids is 2. The summed E-state index contributed by atoms with van der Waals surface area (Å²) in [5, 5.41) is 7.94. The molecule has 1 atom stereocenters. The van der Waals surface area contributed by atoms with E-state index in [1.165, 1.54) is 0 Å². The molecule has 3 rings (SSSR count). The molecule has 2 aromatic rings. The van der Waals surface area contributed by atoms with Crippen LogP contribution in [0.15, 0.2) is 42.5 Å². The zero-order valence-corrected chi connectivity index (χ0v) is 14.8. The number of anilines is 1. The minimum absolute atomic E-state index is 0.00486. The summed E-state index contributed by atoms with van der Waals surface area (Å²) in [4.78, 5) is 26.6. The number of hydrogen-bond acceptors (Lipinski definition) is 3. The molecule has 1 aliphatic rings. The molecule has 0 aliphatic carbocycles. The van der Waals surface area contributed by atoms with Crippen LogP contribution in [0.3, 0.4) is 0 Å². The van der Waals surface area contributed by atoms with E-state index in [-0.39, 0.29) is 23.8 Å². The molecule has 132 valence electrons. The third-order valence-electron chi connectivity index (χ3n) is 5.12. The molecular weight excluding hydrogens is 314 g/mol. The van der Waals surface area contributed by atoms with Gasteiger partial charge in [-0.1, -0.05) is 36.4 Å². The molecule has 0 bridgehead atoms. The highest BCUT2D eigenvalue weighted by molar-refractivity contribution is 6.03. The number of fused-ring (bicyclic) bond motifs is 1. The Morgan fingerprint density at radius 3 is 2.48 bits per heavy atom. The SMILES string of the molecule is CNC(=O)C1CCN(C(C)C(=O)Nc2cccc3ccccc23)CC1. The fourth-order valence-electron chi connectivity index (χ4n) is 3.49. The summed E-state index contributed by atoms with van der Waals surface area (Å²) in [5.74, 6) is 0.164. The van der Waals surface area contributed by atoms with Gasteiger partial charge in [0.2, 0.25) is 11.8 Å². The van der Waals surface area contributed by atoms with Gasteiger partial charge in [-0.3, -0.25) is 14.5 Å². The van der Waals surface area contributed by atoms with E-state index in [2.05, 4.69) is 15.5 Å². The molecule has 2 N–H and O–H groups in total. The van der Waals surface area contributed by atoms with Gasteiger partial charge in [-0.05, 0) is 44.3 Å². The molecule has 1 heterocycles. The van der Waals surface area contributed by atoms with Crippen molar-refractivity contribution >= 4 is 28.3 Å². The van der Waals surface area contributed by atoms with E-state index < -0.39 is 0 Å². The van der Waals surface area contributed by atoms with Gasteiger partial charge in [0.1, 0.15) is 0 Å². The number of amides is 2. The highest BCUT2D eigenvalue weighted by atomic mass is 16.2. The topological polar surface area (TPSA) is 61.4 Å². The standard InChI is InChI=1S/C20H25N3O2/c1-14(23-12-10-16(11-13-23)20(25)21-2)19(24)22-18-9-5-7-15-6-3-4-8-17(15)18/h3-9,14,16H,10-13H2,1-2H3,(H,21,25)(H,22,24). The molecule has 5 heteroatoms. The Kier molecular flexibility index (Phi) is 5.34. The Labute approximate surface area is 148 Å². The second-order valence-corrected chi connectivity index (χ2v) is 6.62. The van der Waals surface area contributed by atoms with E-state index in [1.807, 2.05) is 49.4 Å². The highest BCUT2D eigenvalue weighted by Crippen LogP contribution is 2.24. The number of likely N-dealkylation sites (tertiary alicyclic amines) is 1. The molecule has 5 nitrogen and oxygen atoms in total. The first-order chi connectivity index (χ1) is 12.1. The zero-order valence-electron chi connectivity index (χ0n) is 14.8. The maximum absolute atomic E-state index is 12.7. The Hall–Kier alpha value is -2.40. The first-order valence-corrected chi connectivity index (χ1v) is 8.84. The maximum atomic E-state index is 12.7. The fraction of sp³-hybridized carbons (Fsp3) is 0.400. The summed E-state index contributed by atoms with van der Waals surface area (Å²) in [6.45, 7) is 3.46. The van der Waals surface area contributed by atoms with E-state index in [0.717, 1.165) is 42.4 Å². The highest BCUT2D eigenvalue weighted by Gasteiger charge is 2.29. The van der Waals surface area contributed by atoms with Crippen molar-refractivity contribution in [3.8, 4) is 0 Å². The van der Waals surface area contributed by atoms with Crippen LogP contribution in [0.25, 0.3) is 10.8 Å². The van der Waals surface area contributed by atoms with Crippen molar-refractivity contribution < 1.29 is 9.59 Å². The van der Waals surface area contributed by atoms with Crippen molar-refractivity contribution in [2.45, 2.75) is 25.8 Å². The average molecular weight is 339 g/mol. The van der Waals surface area contributed by atoms with E-state index >= 15 is 0 Å². The summed E-state index contributed by atoms with van der Waals surface area (Å²) in [6, 6.07) is 13.7. The maximum Gasteiger partial charge on any atom is 0.241 e. The lowest BCUT2D eigenvalue weighted by Gasteiger charge is -2.34. The molecule has 25 heavy (non-hydrogen) atoms. The van der Waals surface area contributed by atoms with Crippen LogP contribution in [0.1, 0.15) is 19.8 Å². The molecule has 0 aromatic heterocycles. The largest absolute Gasteiger partial charge is 0.359 e.